The van der Waals surface area contributed by atoms with Crippen LogP contribution in [0.4, 0.5) is 17.6 Å². The van der Waals surface area contributed by atoms with Crippen molar-refractivity contribution < 1.29 is 70.3 Å². The fraction of sp³-hybridized carbons (Fsp3) is 0.703. The highest BCUT2D eigenvalue weighted by Crippen LogP contribution is 2.35. The van der Waals surface area contributed by atoms with Crippen LogP contribution in [0.5, 0.6) is 0 Å². The topological polar surface area (TPSA) is 259 Å². The van der Waals surface area contributed by atoms with Gasteiger partial charge in [0.05, 0.1) is 25.2 Å². The number of benzene rings is 1. The van der Waals surface area contributed by atoms with Gasteiger partial charge in [-0.25, -0.2) is 4.39 Å². The predicted octanol–water partition coefficient (Wildman–Crippen LogP) is 4.02. The molecule has 2 aliphatic heterocycles. The van der Waals surface area contributed by atoms with Gasteiger partial charge in [0.15, 0.2) is 0 Å². The molecule has 26 heteroatoms. The van der Waals surface area contributed by atoms with E-state index in [1.54, 1.807) is 6.92 Å². The lowest BCUT2D eigenvalue weighted by Gasteiger charge is -2.39. The van der Waals surface area contributed by atoms with Gasteiger partial charge in [-0.15, -0.1) is 12.3 Å². The molecule has 1 aromatic rings. The van der Waals surface area contributed by atoms with Gasteiger partial charge in [-0.3, -0.25) is 52.7 Å². The molecule has 0 bridgehead atoms. The van der Waals surface area contributed by atoms with Gasteiger partial charge in [0.2, 0.25) is 65.0 Å². The van der Waals surface area contributed by atoms with E-state index < -0.39 is 150 Å². The number of alkyl halides is 3. The number of hydrogen-bond acceptors (Lipinski definition) is 11. The number of carbonyl (C=O) groups excluding carboxylic acids is 11. The zero-order valence-corrected chi connectivity index (χ0v) is 54.3. The summed E-state index contributed by atoms with van der Waals surface area (Å²) in [6.45, 7) is 7.25. The Kier molecular flexibility index (Phi) is 26.6. The smallest absolute Gasteiger partial charge is 0.351 e. The van der Waals surface area contributed by atoms with Crippen molar-refractivity contribution in [2.75, 3.05) is 68.5 Å². The van der Waals surface area contributed by atoms with E-state index >= 15 is 4.79 Å². The van der Waals surface area contributed by atoms with E-state index in [1.165, 1.54) is 61.9 Å². The summed E-state index contributed by atoms with van der Waals surface area (Å²) in [6, 6.07) is -5.91. The first-order chi connectivity index (χ1) is 42.2. The molecular weight excluding hydrogens is 1170 g/mol. The summed E-state index contributed by atoms with van der Waals surface area (Å²) in [6.07, 6.45) is 6.26. The first kappa shape index (κ1) is 73.4. The Labute approximate surface area is 527 Å². The molecule has 90 heavy (non-hydrogen) atoms. The van der Waals surface area contributed by atoms with E-state index in [0.717, 1.165) is 52.9 Å². The fourth-order valence-corrected chi connectivity index (χ4v) is 12.7. The van der Waals surface area contributed by atoms with Gasteiger partial charge in [0, 0.05) is 67.7 Å². The average Bonchev–Trinajstić information content (AvgIpc) is 2.02. The number of hydrogen-bond donors (Lipinski definition) is 4. The SMILES string of the molecule is C#CC[C@@H]1NC(=O)[C@H](CC(C)C)N(C)C(=O)C[C@@H](C)NC(=O)[C@H](CC(C)C)N(C)C(=O)C2(CCCC2)NC(=O)C2CCCN2C(=O)[C@H](CCc2ccc(C(F)(F)F)c(F)c2)NC(=O)CN(C)C(=O)[C@H](CC2CCCCC2)N(C)C(=O)CN(C)C(=O)CN(C)C1=O. The Morgan fingerprint density at radius 2 is 1.21 bits per heavy atom. The van der Waals surface area contributed by atoms with Crippen LogP contribution in [0.2, 0.25) is 0 Å². The zero-order valence-electron chi connectivity index (χ0n) is 54.3. The summed E-state index contributed by atoms with van der Waals surface area (Å²) in [7, 11) is 8.29. The lowest BCUT2D eigenvalue weighted by molar-refractivity contribution is -0.149. The number of nitrogens with one attached hydrogen (secondary N) is 4. The number of terminal acetylenes is 1. The Morgan fingerprint density at radius 1 is 0.633 bits per heavy atom. The monoisotopic (exact) mass is 1270 g/mol. The lowest BCUT2D eigenvalue weighted by atomic mass is 9.84. The highest BCUT2D eigenvalue weighted by molar-refractivity contribution is 5.99. The Morgan fingerprint density at radius 3 is 1.80 bits per heavy atom. The molecule has 0 aromatic heterocycles. The van der Waals surface area contributed by atoms with Crippen LogP contribution in [0.25, 0.3) is 0 Å². The Bertz CT molecular complexity index is 2820. The number of carbonyl (C=O) groups is 11. The summed E-state index contributed by atoms with van der Waals surface area (Å²) in [4.78, 5) is 167. The number of aryl methyl sites for hydroxylation is 1. The molecule has 2 aliphatic carbocycles. The Hall–Kier alpha value is -7.33. The van der Waals surface area contributed by atoms with Crippen LogP contribution in [0.15, 0.2) is 18.2 Å². The highest BCUT2D eigenvalue weighted by atomic mass is 19.4. The van der Waals surface area contributed by atoms with Crippen molar-refractivity contribution in [2.45, 2.75) is 204 Å². The summed E-state index contributed by atoms with van der Waals surface area (Å²) in [5.74, 6) is -6.88. The number of halogens is 4. The van der Waals surface area contributed by atoms with E-state index in [0.29, 0.717) is 31.4 Å². The molecule has 2 heterocycles. The third kappa shape index (κ3) is 19.6. The number of amides is 11. The van der Waals surface area contributed by atoms with Crippen molar-refractivity contribution in [1.29, 1.82) is 0 Å². The van der Waals surface area contributed by atoms with Crippen LogP contribution in [0, 0.1) is 35.9 Å². The van der Waals surface area contributed by atoms with E-state index in [-0.39, 0.29) is 94.1 Å². The second-order valence-corrected chi connectivity index (χ2v) is 26.1. The van der Waals surface area contributed by atoms with Crippen LogP contribution in [0.1, 0.15) is 155 Å². The van der Waals surface area contributed by atoms with Crippen molar-refractivity contribution in [2.24, 2.45) is 17.8 Å². The first-order valence-corrected chi connectivity index (χ1v) is 31.5. The molecule has 4 aliphatic rings. The lowest BCUT2D eigenvalue weighted by Crippen LogP contribution is -2.64. The normalized spacial score (nSPS) is 25.8. The van der Waals surface area contributed by atoms with Gasteiger partial charge >= 0.3 is 6.18 Å². The van der Waals surface area contributed by atoms with Crippen LogP contribution >= 0.6 is 0 Å². The summed E-state index contributed by atoms with van der Waals surface area (Å²) >= 11 is 0. The van der Waals surface area contributed by atoms with Crippen LogP contribution < -0.4 is 21.3 Å². The third-order valence-corrected chi connectivity index (χ3v) is 17.9. The highest BCUT2D eigenvalue weighted by Gasteiger charge is 2.49. The van der Waals surface area contributed by atoms with Crippen molar-refractivity contribution in [3.8, 4) is 12.3 Å². The fourth-order valence-electron chi connectivity index (χ4n) is 12.7. The van der Waals surface area contributed by atoms with Gasteiger partial charge in [-0.05, 0) is 100 Å². The van der Waals surface area contributed by atoms with E-state index in [1.807, 2.05) is 27.7 Å². The quantitative estimate of drug-likeness (QED) is 0.192. The van der Waals surface area contributed by atoms with Gasteiger partial charge in [-0.2, -0.15) is 13.2 Å². The number of likely N-dealkylation sites (N-methyl/N-ethyl adjacent to an activating group) is 6. The molecule has 2 saturated carbocycles. The van der Waals surface area contributed by atoms with E-state index in [9.17, 15) is 65.5 Å². The summed E-state index contributed by atoms with van der Waals surface area (Å²) < 4.78 is 55.7. The minimum Gasteiger partial charge on any atom is -0.351 e. The molecular formula is C64H95F4N11O11. The maximum atomic E-state index is 15.0. The van der Waals surface area contributed by atoms with Gasteiger partial charge < -0.3 is 55.6 Å². The maximum Gasteiger partial charge on any atom is 0.419 e. The van der Waals surface area contributed by atoms with Gasteiger partial charge in [0.25, 0.3) is 0 Å². The molecule has 22 nitrogen and oxygen atoms in total. The third-order valence-electron chi connectivity index (χ3n) is 17.9. The van der Waals surface area contributed by atoms with Crippen LogP contribution in [-0.2, 0) is 65.3 Å². The molecule has 11 amide bonds. The standard InChI is InChI=1S/C64H95F4N11O11/c1-13-20-46-59(87)75(9)37-54(82)73(7)38-55(83)77(11)51(35-42-21-15-14-16-22-42)61(89)74(8)36-52(80)70-47(27-25-43-24-26-44(45(65)34-43)64(66,67)68)60(88)79-30-19-23-48(79)58(86)72-63(28-17-18-29-63)62(90)78(12)50(32-40(4)5)56(84)69-41(6)33-53(81)76(10)49(31-39(2)3)57(85)71-46/h1,24,26,34,39-42,46-51H,14-23,25,27-33,35-38H2,2-12H3,(H,69,84)(H,70,80)(H,71,85)(H,72,86)/t41-,46+,47+,48?,49+,50+,51+/m1/s1. The Balaban J connectivity index is 1.54. The van der Waals surface area contributed by atoms with Crippen molar-refractivity contribution in [1.82, 2.24) is 55.6 Å². The second kappa shape index (κ2) is 32.6. The molecule has 500 valence electrons. The van der Waals surface area contributed by atoms with E-state index in [4.69, 9.17) is 6.42 Å². The second-order valence-electron chi connectivity index (χ2n) is 26.1. The van der Waals surface area contributed by atoms with Crippen molar-refractivity contribution >= 4 is 65.0 Å². The molecule has 1 unspecified atom stereocenters. The minimum absolute atomic E-state index is 0.00484. The molecule has 4 N–H and O–H groups in total. The minimum atomic E-state index is -4.99. The number of nitrogens with zero attached hydrogens (tertiary/aromatic N) is 7. The predicted molar refractivity (Wildman–Crippen MR) is 326 cm³/mol. The van der Waals surface area contributed by atoms with Gasteiger partial charge in [0.1, 0.15) is 47.6 Å². The molecule has 5 rings (SSSR count). The van der Waals surface area contributed by atoms with Crippen molar-refractivity contribution in [3.05, 3.63) is 35.1 Å². The molecule has 1 spiro atoms. The number of rotatable bonds is 10. The average molecular weight is 1270 g/mol. The molecule has 4 fully saturated rings. The molecule has 1 aromatic carbocycles. The maximum absolute atomic E-state index is 15.0. The molecule has 2 saturated heterocycles. The van der Waals surface area contributed by atoms with Crippen LogP contribution in [0.3, 0.4) is 0 Å². The van der Waals surface area contributed by atoms with Crippen molar-refractivity contribution in [3.63, 3.8) is 0 Å². The number of fused-ring (bicyclic) bond motifs is 1. The van der Waals surface area contributed by atoms with Gasteiger partial charge in [-0.1, -0.05) is 78.7 Å². The molecule has 7 atom stereocenters. The first-order valence-electron chi connectivity index (χ1n) is 31.5. The zero-order chi connectivity index (χ0) is 67.1. The summed E-state index contributed by atoms with van der Waals surface area (Å²) in [5.41, 5.74) is -2.96. The molecule has 0 radical (unpaired) electrons. The largest absolute Gasteiger partial charge is 0.419 e. The van der Waals surface area contributed by atoms with Crippen LogP contribution in [-0.4, -0.2) is 216 Å². The van der Waals surface area contributed by atoms with E-state index in [2.05, 4.69) is 27.2 Å². The summed E-state index contributed by atoms with van der Waals surface area (Å²) in [5, 5.41) is 11.2.